The van der Waals surface area contributed by atoms with Crippen LogP contribution in [0.2, 0.25) is 0 Å². The maximum absolute atomic E-state index is 13.2. The molecule has 1 aromatic carbocycles. The number of carboxylic acid groups (broad SMARTS) is 1. The van der Waals surface area contributed by atoms with E-state index >= 15 is 0 Å². The van der Waals surface area contributed by atoms with Crippen LogP contribution in [0.5, 0.6) is 5.75 Å². The standard InChI is InChI=1S/C25H37N5O7/c1-14(2)12-19(25(36)37)29-22(33)18(13-15-5-7-16(31)8-6-15)28-23(34)20-4-3-11-30(20)24(35)17(26)9-10-21(27)32/h5-8,14,17-20,31H,3-4,9-13,26H2,1-2H3,(H2,27,32)(H,28,34)(H,29,33)(H,36,37). The Labute approximate surface area is 215 Å². The van der Waals surface area contributed by atoms with Crippen molar-refractivity contribution >= 4 is 29.6 Å². The van der Waals surface area contributed by atoms with Gasteiger partial charge in [-0.15, -0.1) is 0 Å². The normalized spacial score (nSPS) is 17.6. The fourth-order valence-corrected chi connectivity index (χ4v) is 4.25. The first kappa shape index (κ1) is 29.6. The lowest BCUT2D eigenvalue weighted by atomic mass is 10.0. The molecular formula is C25H37N5O7. The Morgan fingerprint density at radius 2 is 1.73 bits per heavy atom. The van der Waals surface area contributed by atoms with Gasteiger partial charge in [0.1, 0.15) is 23.9 Å². The molecule has 204 valence electrons. The first-order chi connectivity index (χ1) is 17.4. The van der Waals surface area contributed by atoms with Crippen LogP contribution in [0.4, 0.5) is 0 Å². The number of primary amides is 1. The van der Waals surface area contributed by atoms with E-state index < -0.39 is 53.8 Å². The number of phenolic OH excluding ortho intramolecular Hbond substituents is 1. The Bertz CT molecular complexity index is 982. The van der Waals surface area contributed by atoms with Gasteiger partial charge in [-0.3, -0.25) is 19.2 Å². The Morgan fingerprint density at radius 3 is 2.30 bits per heavy atom. The molecule has 1 saturated heterocycles. The molecule has 12 nitrogen and oxygen atoms in total. The number of aliphatic carboxylic acids is 1. The maximum Gasteiger partial charge on any atom is 0.326 e. The molecule has 1 aromatic rings. The number of carbonyl (C=O) groups is 5. The van der Waals surface area contributed by atoms with Gasteiger partial charge in [-0.2, -0.15) is 0 Å². The van der Waals surface area contributed by atoms with Crippen molar-refractivity contribution < 1.29 is 34.2 Å². The monoisotopic (exact) mass is 519 g/mol. The van der Waals surface area contributed by atoms with E-state index in [1.807, 2.05) is 13.8 Å². The highest BCUT2D eigenvalue weighted by Crippen LogP contribution is 2.20. The van der Waals surface area contributed by atoms with Crippen LogP contribution in [-0.2, 0) is 30.4 Å². The van der Waals surface area contributed by atoms with Gasteiger partial charge in [0.2, 0.25) is 23.6 Å². The molecule has 0 aliphatic carbocycles. The van der Waals surface area contributed by atoms with E-state index in [0.29, 0.717) is 24.9 Å². The third-order valence-electron chi connectivity index (χ3n) is 6.19. The van der Waals surface area contributed by atoms with Crippen LogP contribution in [-0.4, -0.2) is 75.4 Å². The lowest BCUT2D eigenvalue weighted by molar-refractivity contribution is -0.143. The fourth-order valence-electron chi connectivity index (χ4n) is 4.25. The number of likely N-dealkylation sites (tertiary alicyclic amines) is 1. The minimum atomic E-state index is -1.19. The predicted molar refractivity (Wildman–Crippen MR) is 134 cm³/mol. The predicted octanol–water partition coefficient (Wildman–Crippen LogP) is -0.381. The SMILES string of the molecule is CC(C)CC(NC(=O)C(Cc1ccc(O)cc1)NC(=O)C1CCCN1C(=O)C(N)CCC(N)=O)C(=O)O. The summed E-state index contributed by atoms with van der Waals surface area (Å²) in [7, 11) is 0. The number of nitrogens with two attached hydrogens (primary N) is 2. The van der Waals surface area contributed by atoms with Crippen molar-refractivity contribution in [2.75, 3.05) is 6.54 Å². The van der Waals surface area contributed by atoms with E-state index in [9.17, 15) is 34.2 Å². The van der Waals surface area contributed by atoms with Crippen molar-refractivity contribution in [1.29, 1.82) is 0 Å². The molecule has 0 bridgehead atoms. The summed E-state index contributed by atoms with van der Waals surface area (Å²) >= 11 is 0. The van der Waals surface area contributed by atoms with Gasteiger partial charge in [-0.05, 0) is 49.3 Å². The smallest absolute Gasteiger partial charge is 0.326 e. The molecule has 4 atom stereocenters. The number of carboxylic acids is 1. The number of nitrogens with one attached hydrogen (secondary N) is 2. The van der Waals surface area contributed by atoms with Gasteiger partial charge in [-0.25, -0.2) is 4.79 Å². The number of carbonyl (C=O) groups excluding carboxylic acids is 4. The molecule has 0 saturated carbocycles. The highest BCUT2D eigenvalue weighted by Gasteiger charge is 2.38. The van der Waals surface area contributed by atoms with Gasteiger partial charge in [0.25, 0.3) is 0 Å². The number of amides is 4. The van der Waals surface area contributed by atoms with Crippen molar-refractivity contribution in [3.8, 4) is 5.75 Å². The van der Waals surface area contributed by atoms with Crippen LogP contribution in [0.25, 0.3) is 0 Å². The zero-order chi connectivity index (χ0) is 27.7. The number of benzene rings is 1. The van der Waals surface area contributed by atoms with Crippen LogP contribution in [0.15, 0.2) is 24.3 Å². The average Bonchev–Trinajstić information content (AvgIpc) is 3.32. The van der Waals surface area contributed by atoms with Crippen molar-refractivity contribution in [3.05, 3.63) is 29.8 Å². The summed E-state index contributed by atoms with van der Waals surface area (Å²) in [6.07, 6.45) is 1.14. The largest absolute Gasteiger partial charge is 0.508 e. The second kappa shape index (κ2) is 13.6. The van der Waals surface area contributed by atoms with Crippen LogP contribution < -0.4 is 22.1 Å². The zero-order valence-corrected chi connectivity index (χ0v) is 21.2. The van der Waals surface area contributed by atoms with Gasteiger partial charge in [0.05, 0.1) is 6.04 Å². The minimum absolute atomic E-state index is 0.00312. The molecule has 2 rings (SSSR count). The van der Waals surface area contributed by atoms with Crippen LogP contribution in [0.1, 0.15) is 51.5 Å². The van der Waals surface area contributed by atoms with E-state index in [1.165, 1.54) is 17.0 Å². The molecule has 4 unspecified atom stereocenters. The number of rotatable bonds is 13. The van der Waals surface area contributed by atoms with E-state index in [1.54, 1.807) is 12.1 Å². The van der Waals surface area contributed by atoms with Crippen molar-refractivity contribution in [1.82, 2.24) is 15.5 Å². The van der Waals surface area contributed by atoms with Gasteiger partial charge in [0.15, 0.2) is 0 Å². The quantitative estimate of drug-likeness (QED) is 0.202. The van der Waals surface area contributed by atoms with E-state index in [4.69, 9.17) is 11.5 Å². The molecule has 0 radical (unpaired) electrons. The highest BCUT2D eigenvalue weighted by molar-refractivity contribution is 5.94. The number of phenols is 1. The molecule has 4 amide bonds. The summed E-state index contributed by atoms with van der Waals surface area (Å²) in [5.41, 5.74) is 11.7. The van der Waals surface area contributed by atoms with Gasteiger partial charge in [-0.1, -0.05) is 26.0 Å². The average molecular weight is 520 g/mol. The van der Waals surface area contributed by atoms with Crippen LogP contribution in [0, 0.1) is 5.92 Å². The number of hydrogen-bond acceptors (Lipinski definition) is 7. The minimum Gasteiger partial charge on any atom is -0.508 e. The highest BCUT2D eigenvalue weighted by atomic mass is 16.4. The Kier molecular flexibility index (Phi) is 10.9. The first-order valence-electron chi connectivity index (χ1n) is 12.3. The summed E-state index contributed by atoms with van der Waals surface area (Å²) in [5.74, 6) is -3.46. The Hall–Kier alpha value is -3.67. The van der Waals surface area contributed by atoms with E-state index in [0.717, 1.165) is 0 Å². The second-order valence-electron chi connectivity index (χ2n) is 9.76. The van der Waals surface area contributed by atoms with Crippen LogP contribution in [0.3, 0.4) is 0 Å². The first-order valence-corrected chi connectivity index (χ1v) is 12.3. The number of aromatic hydroxyl groups is 1. The van der Waals surface area contributed by atoms with Gasteiger partial charge < -0.3 is 37.2 Å². The lowest BCUT2D eigenvalue weighted by Crippen LogP contribution is -2.57. The van der Waals surface area contributed by atoms with E-state index in [-0.39, 0.29) is 37.4 Å². The molecule has 0 spiro atoms. The van der Waals surface area contributed by atoms with E-state index in [2.05, 4.69) is 10.6 Å². The number of hydrogen-bond donors (Lipinski definition) is 6. The molecule has 0 aromatic heterocycles. The third kappa shape index (κ3) is 9.05. The molecule has 37 heavy (non-hydrogen) atoms. The molecule has 1 aliphatic rings. The van der Waals surface area contributed by atoms with Crippen molar-refractivity contribution in [2.24, 2.45) is 17.4 Å². The molecular weight excluding hydrogens is 482 g/mol. The second-order valence-corrected chi connectivity index (χ2v) is 9.76. The molecule has 1 aliphatic heterocycles. The molecule has 8 N–H and O–H groups in total. The summed E-state index contributed by atoms with van der Waals surface area (Å²) < 4.78 is 0. The topological polar surface area (TPSA) is 205 Å². The zero-order valence-electron chi connectivity index (χ0n) is 21.2. The third-order valence-corrected chi connectivity index (χ3v) is 6.19. The van der Waals surface area contributed by atoms with Crippen molar-refractivity contribution in [2.45, 2.75) is 76.5 Å². The Balaban J connectivity index is 2.19. The molecule has 1 fully saturated rings. The molecule has 12 heteroatoms. The maximum atomic E-state index is 13.2. The fraction of sp³-hybridized carbons (Fsp3) is 0.560. The summed E-state index contributed by atoms with van der Waals surface area (Å²) in [5, 5.41) is 24.3. The van der Waals surface area contributed by atoms with Crippen LogP contribution >= 0.6 is 0 Å². The molecule has 1 heterocycles. The van der Waals surface area contributed by atoms with Gasteiger partial charge in [0, 0.05) is 19.4 Å². The summed E-state index contributed by atoms with van der Waals surface area (Å²) in [6.45, 7) is 3.96. The lowest BCUT2D eigenvalue weighted by Gasteiger charge is -2.29. The summed E-state index contributed by atoms with van der Waals surface area (Å²) in [4.78, 5) is 63.3. The summed E-state index contributed by atoms with van der Waals surface area (Å²) in [6, 6.07) is 1.93. The number of nitrogens with zero attached hydrogens (tertiary/aromatic N) is 1. The Morgan fingerprint density at radius 1 is 1.08 bits per heavy atom. The van der Waals surface area contributed by atoms with Gasteiger partial charge >= 0.3 is 5.97 Å². The van der Waals surface area contributed by atoms with Crippen molar-refractivity contribution in [3.63, 3.8) is 0 Å².